The molecule has 2 heterocycles. The van der Waals surface area contributed by atoms with Crippen molar-refractivity contribution in [2.75, 3.05) is 11.4 Å². The number of para-hydroxylation sites is 1. The molecule has 27 heavy (non-hydrogen) atoms. The average Bonchev–Trinajstić information content (AvgIpc) is 2.74. The van der Waals surface area contributed by atoms with Crippen molar-refractivity contribution in [3.05, 3.63) is 96.7 Å². The van der Waals surface area contributed by atoms with Gasteiger partial charge in [-0.3, -0.25) is 4.98 Å². The Morgan fingerprint density at radius 1 is 0.778 bits per heavy atom. The van der Waals surface area contributed by atoms with Gasteiger partial charge in [0.15, 0.2) is 0 Å². The van der Waals surface area contributed by atoms with Gasteiger partial charge in [0.25, 0.3) is 0 Å². The van der Waals surface area contributed by atoms with E-state index in [2.05, 4.69) is 95.9 Å². The van der Waals surface area contributed by atoms with E-state index < -0.39 is 0 Å². The monoisotopic (exact) mass is 436 g/mol. The Balaban J connectivity index is 0.00000180. The third-order valence-corrected chi connectivity index (χ3v) is 4.93. The summed E-state index contributed by atoms with van der Waals surface area (Å²) in [6, 6.07) is 27.6. The number of nitrogens with zero attached hydrogens (tertiary/aromatic N) is 2. The van der Waals surface area contributed by atoms with Crippen LogP contribution >= 0.6 is 0 Å². The minimum absolute atomic E-state index is 0. The molecule has 3 heteroatoms. The molecule has 1 aliphatic rings. The van der Waals surface area contributed by atoms with Gasteiger partial charge in [-0.2, -0.15) is 0 Å². The van der Waals surface area contributed by atoms with E-state index in [4.69, 9.17) is 4.98 Å². The number of rotatable bonds is 2. The summed E-state index contributed by atoms with van der Waals surface area (Å²) in [5, 5.41) is 1.19. The van der Waals surface area contributed by atoms with Crippen molar-refractivity contribution in [3.63, 3.8) is 0 Å². The van der Waals surface area contributed by atoms with Crippen LogP contribution in [0.15, 0.2) is 91.1 Å². The van der Waals surface area contributed by atoms with Gasteiger partial charge in [-0.1, -0.05) is 72.8 Å². The summed E-state index contributed by atoms with van der Waals surface area (Å²) in [6.45, 7) is 0.855. The van der Waals surface area contributed by atoms with Crippen molar-refractivity contribution in [1.82, 2.24) is 4.98 Å². The molecule has 0 unspecified atom stereocenters. The van der Waals surface area contributed by atoms with E-state index >= 15 is 0 Å². The Labute approximate surface area is 171 Å². The first-order valence-electron chi connectivity index (χ1n) is 8.88. The summed E-state index contributed by atoms with van der Waals surface area (Å²) < 4.78 is 0. The summed E-state index contributed by atoms with van der Waals surface area (Å²) >= 11 is 0. The first-order valence-corrected chi connectivity index (χ1v) is 8.88. The van der Waals surface area contributed by atoms with E-state index in [1.54, 1.807) is 0 Å². The van der Waals surface area contributed by atoms with Gasteiger partial charge in [0.05, 0.1) is 11.2 Å². The van der Waals surface area contributed by atoms with Gasteiger partial charge in [-0.25, -0.2) is 0 Å². The van der Waals surface area contributed by atoms with Gasteiger partial charge >= 0.3 is 0 Å². The zero-order valence-electron chi connectivity index (χ0n) is 14.7. The molecule has 0 atom stereocenters. The normalized spacial score (nSPS) is 12.5. The number of hydrogen-bond donors (Lipinski definition) is 0. The van der Waals surface area contributed by atoms with Crippen LogP contribution in [0.2, 0.25) is 0 Å². The fraction of sp³-hybridized carbons (Fsp3) is 0.0417. The van der Waals surface area contributed by atoms with Crippen LogP contribution in [0.1, 0.15) is 5.56 Å². The first-order chi connectivity index (χ1) is 12.9. The van der Waals surface area contributed by atoms with Crippen molar-refractivity contribution < 1.29 is 19.5 Å². The SMILES string of the molecule is C1=Cc2ccc3c(-c4ccccc4)ccnc3c2N(c2ccccc2)C1.[Ru]. The summed E-state index contributed by atoms with van der Waals surface area (Å²) in [7, 11) is 0. The summed E-state index contributed by atoms with van der Waals surface area (Å²) in [5.41, 5.74) is 7.09. The molecule has 132 valence electrons. The second-order valence-electron chi connectivity index (χ2n) is 6.47. The molecule has 0 radical (unpaired) electrons. The molecular weight excluding hydrogens is 417 g/mol. The molecule has 3 aromatic carbocycles. The van der Waals surface area contributed by atoms with E-state index in [1.807, 2.05) is 6.20 Å². The summed E-state index contributed by atoms with van der Waals surface area (Å²) in [5.74, 6) is 0. The average molecular weight is 435 g/mol. The Hall–Kier alpha value is -2.77. The topological polar surface area (TPSA) is 16.1 Å². The molecule has 0 saturated carbocycles. The molecule has 0 fully saturated rings. The van der Waals surface area contributed by atoms with Gasteiger partial charge in [0.1, 0.15) is 0 Å². The largest absolute Gasteiger partial charge is 0.335 e. The van der Waals surface area contributed by atoms with Crippen LogP contribution < -0.4 is 4.90 Å². The van der Waals surface area contributed by atoms with E-state index in [1.165, 1.54) is 33.5 Å². The number of hydrogen-bond acceptors (Lipinski definition) is 2. The van der Waals surface area contributed by atoms with Crippen LogP contribution in [0.5, 0.6) is 0 Å². The molecule has 1 aliphatic heterocycles. The Bertz CT molecular complexity index is 1110. The smallest absolute Gasteiger partial charge is 0.0951 e. The molecule has 0 N–H and O–H groups in total. The maximum atomic E-state index is 4.78. The van der Waals surface area contributed by atoms with Crippen LogP contribution in [0, 0.1) is 0 Å². The molecular formula is C24H18N2Ru. The fourth-order valence-electron chi connectivity index (χ4n) is 3.73. The van der Waals surface area contributed by atoms with Crippen molar-refractivity contribution in [2.24, 2.45) is 0 Å². The molecule has 0 aliphatic carbocycles. The molecule has 2 nitrogen and oxygen atoms in total. The van der Waals surface area contributed by atoms with E-state index in [0.717, 1.165) is 12.1 Å². The van der Waals surface area contributed by atoms with Crippen molar-refractivity contribution >= 4 is 28.4 Å². The van der Waals surface area contributed by atoms with Crippen molar-refractivity contribution in [2.45, 2.75) is 0 Å². The second kappa shape index (κ2) is 7.46. The summed E-state index contributed by atoms with van der Waals surface area (Å²) in [4.78, 5) is 7.13. The van der Waals surface area contributed by atoms with Crippen LogP contribution in [0.25, 0.3) is 28.1 Å². The van der Waals surface area contributed by atoms with E-state index in [0.29, 0.717) is 0 Å². The van der Waals surface area contributed by atoms with Crippen molar-refractivity contribution in [1.29, 1.82) is 0 Å². The molecule has 5 rings (SSSR count). The molecule has 1 aromatic heterocycles. The zero-order chi connectivity index (χ0) is 17.3. The van der Waals surface area contributed by atoms with Crippen molar-refractivity contribution in [3.8, 4) is 11.1 Å². The maximum absolute atomic E-state index is 4.78. The first kappa shape index (κ1) is 17.6. The Kier molecular flexibility index (Phi) is 4.87. The molecule has 0 bridgehead atoms. The number of pyridine rings is 1. The molecule has 0 amide bonds. The minimum atomic E-state index is 0. The van der Waals surface area contributed by atoms with E-state index in [9.17, 15) is 0 Å². The van der Waals surface area contributed by atoms with Gasteiger partial charge in [-0.05, 0) is 29.3 Å². The molecule has 0 spiro atoms. The van der Waals surface area contributed by atoms with Crippen LogP contribution in [0.3, 0.4) is 0 Å². The Morgan fingerprint density at radius 3 is 2.30 bits per heavy atom. The van der Waals surface area contributed by atoms with E-state index in [-0.39, 0.29) is 19.5 Å². The fourth-order valence-corrected chi connectivity index (χ4v) is 3.73. The molecule has 4 aromatic rings. The number of fused-ring (bicyclic) bond motifs is 3. The third kappa shape index (κ3) is 3.09. The minimum Gasteiger partial charge on any atom is -0.335 e. The quantitative estimate of drug-likeness (QED) is 0.356. The van der Waals surface area contributed by atoms with Gasteiger partial charge in [0, 0.05) is 48.9 Å². The van der Waals surface area contributed by atoms with Crippen LogP contribution in [-0.4, -0.2) is 11.5 Å². The number of benzene rings is 3. The zero-order valence-corrected chi connectivity index (χ0v) is 16.4. The number of aromatic nitrogens is 1. The Morgan fingerprint density at radius 2 is 1.52 bits per heavy atom. The van der Waals surface area contributed by atoms with Gasteiger partial charge < -0.3 is 4.90 Å². The molecule has 0 saturated heterocycles. The standard InChI is InChI=1S/C24H18N2.Ru/c1-3-8-18(9-4-1)21-15-16-25-23-22(21)14-13-19-10-7-17-26(24(19)23)20-11-5-2-6-12-20;/h1-16H,17H2;. The van der Waals surface area contributed by atoms with Gasteiger partial charge in [0.2, 0.25) is 0 Å². The second-order valence-corrected chi connectivity index (χ2v) is 6.47. The van der Waals surface area contributed by atoms with Gasteiger partial charge in [-0.15, -0.1) is 0 Å². The predicted molar refractivity (Wildman–Crippen MR) is 110 cm³/mol. The third-order valence-electron chi connectivity index (χ3n) is 4.93. The maximum Gasteiger partial charge on any atom is 0.0951 e. The number of anilines is 2. The van der Waals surface area contributed by atoms with Crippen LogP contribution in [0.4, 0.5) is 11.4 Å². The van der Waals surface area contributed by atoms with Crippen LogP contribution in [-0.2, 0) is 19.5 Å². The summed E-state index contributed by atoms with van der Waals surface area (Å²) in [6.07, 6.45) is 6.33. The predicted octanol–water partition coefficient (Wildman–Crippen LogP) is 6.06.